The van der Waals surface area contributed by atoms with Crippen molar-refractivity contribution in [1.29, 1.82) is 0 Å². The van der Waals surface area contributed by atoms with E-state index >= 15 is 0 Å². The number of nitrogens with zero attached hydrogens (tertiary/aromatic N) is 2. The van der Waals surface area contributed by atoms with Gasteiger partial charge in [-0.2, -0.15) is 0 Å². The third-order valence-electron chi connectivity index (χ3n) is 3.17. The van der Waals surface area contributed by atoms with Crippen molar-refractivity contribution in [2.45, 2.75) is 32.7 Å². The molecule has 0 fully saturated rings. The van der Waals surface area contributed by atoms with Crippen LogP contribution in [-0.4, -0.2) is 27.2 Å². The molecule has 21 heavy (non-hydrogen) atoms. The summed E-state index contributed by atoms with van der Waals surface area (Å²) in [6.45, 7) is 3.54. The second kappa shape index (κ2) is 7.47. The van der Waals surface area contributed by atoms with Crippen LogP contribution in [0.1, 0.15) is 35.9 Å². The molecule has 1 aromatic heterocycles. The average Bonchev–Trinajstić information content (AvgIpc) is 2.92. The normalized spacial score (nSPS) is 10.5. The second-order valence-corrected chi connectivity index (χ2v) is 4.82. The Hall–Kier alpha value is -2.30. The lowest BCUT2D eigenvalue weighted by Crippen LogP contribution is -2.07. The Morgan fingerprint density at radius 2 is 2.29 bits per heavy atom. The number of rotatable bonds is 8. The van der Waals surface area contributed by atoms with E-state index < -0.39 is 5.97 Å². The number of imidazole rings is 1. The molecule has 0 aliphatic heterocycles. The minimum Gasteiger partial charge on any atom is -0.494 e. The largest absolute Gasteiger partial charge is 0.494 e. The molecule has 2 aromatic rings. The predicted molar refractivity (Wildman–Crippen MR) is 79.7 cm³/mol. The fraction of sp³-hybridized carbons (Fsp3) is 0.375. The molecule has 0 aliphatic rings. The third-order valence-corrected chi connectivity index (χ3v) is 3.17. The molecule has 1 heterocycles. The predicted octanol–water partition coefficient (Wildman–Crippen LogP) is 3.00. The van der Waals surface area contributed by atoms with E-state index in [1.54, 1.807) is 24.3 Å². The first-order valence-electron chi connectivity index (χ1n) is 7.17. The van der Waals surface area contributed by atoms with Crippen molar-refractivity contribution in [3.05, 3.63) is 48.0 Å². The highest BCUT2D eigenvalue weighted by molar-refractivity contribution is 5.87. The highest BCUT2D eigenvalue weighted by Crippen LogP contribution is 2.13. The number of ether oxygens (including phenoxy) is 1. The van der Waals surface area contributed by atoms with Gasteiger partial charge in [-0.25, -0.2) is 9.78 Å². The molecule has 0 saturated carbocycles. The summed E-state index contributed by atoms with van der Waals surface area (Å²) in [4.78, 5) is 15.2. The Balaban J connectivity index is 1.80. The van der Waals surface area contributed by atoms with Gasteiger partial charge >= 0.3 is 5.97 Å². The van der Waals surface area contributed by atoms with E-state index in [1.807, 2.05) is 12.4 Å². The molecule has 1 aromatic carbocycles. The summed E-state index contributed by atoms with van der Waals surface area (Å²) < 4.78 is 7.74. The van der Waals surface area contributed by atoms with Gasteiger partial charge in [0.25, 0.3) is 0 Å². The number of carboxylic acids is 1. The van der Waals surface area contributed by atoms with Crippen molar-refractivity contribution < 1.29 is 14.6 Å². The molecule has 0 aliphatic carbocycles. The topological polar surface area (TPSA) is 64.4 Å². The molecule has 0 spiro atoms. The first-order valence-corrected chi connectivity index (χ1v) is 7.17. The Labute approximate surface area is 124 Å². The Kier molecular flexibility index (Phi) is 5.37. The van der Waals surface area contributed by atoms with E-state index in [1.165, 1.54) is 0 Å². The Morgan fingerprint density at radius 1 is 1.43 bits per heavy atom. The van der Waals surface area contributed by atoms with E-state index in [9.17, 15) is 4.79 Å². The van der Waals surface area contributed by atoms with Crippen LogP contribution in [0, 0.1) is 0 Å². The molecule has 0 bridgehead atoms. The van der Waals surface area contributed by atoms with Crippen LogP contribution in [0.2, 0.25) is 0 Å². The maximum Gasteiger partial charge on any atom is 0.335 e. The van der Waals surface area contributed by atoms with Crippen LogP contribution in [0.3, 0.4) is 0 Å². The smallest absolute Gasteiger partial charge is 0.335 e. The third kappa shape index (κ3) is 4.34. The van der Waals surface area contributed by atoms with Crippen LogP contribution in [0.15, 0.2) is 36.7 Å². The average molecular weight is 288 g/mol. The quantitative estimate of drug-likeness (QED) is 0.758. The minimum atomic E-state index is -0.942. The molecule has 0 unspecified atom stereocenters. The summed E-state index contributed by atoms with van der Waals surface area (Å²) in [6, 6.07) is 6.56. The van der Waals surface area contributed by atoms with Crippen molar-refractivity contribution >= 4 is 5.97 Å². The van der Waals surface area contributed by atoms with Crippen LogP contribution in [0.25, 0.3) is 0 Å². The highest BCUT2D eigenvalue weighted by Gasteiger charge is 2.04. The Bertz CT molecular complexity index is 593. The van der Waals surface area contributed by atoms with Gasteiger partial charge in [0, 0.05) is 25.4 Å². The first-order chi connectivity index (χ1) is 10.2. The fourth-order valence-electron chi connectivity index (χ4n) is 2.14. The van der Waals surface area contributed by atoms with Gasteiger partial charge in [0.2, 0.25) is 0 Å². The number of hydrogen-bond acceptors (Lipinski definition) is 3. The minimum absolute atomic E-state index is 0.243. The van der Waals surface area contributed by atoms with Gasteiger partial charge in [-0.3, -0.25) is 0 Å². The first kappa shape index (κ1) is 15.1. The lowest BCUT2D eigenvalue weighted by Gasteiger charge is -2.09. The van der Waals surface area contributed by atoms with Crippen molar-refractivity contribution in [3.63, 3.8) is 0 Å². The number of carbonyl (C=O) groups is 1. The zero-order valence-electron chi connectivity index (χ0n) is 12.2. The molecule has 2 rings (SSSR count). The second-order valence-electron chi connectivity index (χ2n) is 4.82. The van der Waals surface area contributed by atoms with Crippen molar-refractivity contribution in [2.24, 2.45) is 0 Å². The molecule has 0 saturated heterocycles. The lowest BCUT2D eigenvalue weighted by molar-refractivity contribution is 0.0696. The number of carboxylic acid groups (broad SMARTS) is 1. The van der Waals surface area contributed by atoms with E-state index in [0.29, 0.717) is 12.4 Å². The van der Waals surface area contributed by atoms with Gasteiger partial charge < -0.3 is 14.4 Å². The van der Waals surface area contributed by atoms with Crippen molar-refractivity contribution in [3.8, 4) is 5.75 Å². The number of aromatic carboxylic acids is 1. The SMILES string of the molecule is CCCc1nccn1CCCOc1cccc(C(=O)O)c1. The number of aromatic nitrogens is 2. The monoisotopic (exact) mass is 288 g/mol. The van der Waals surface area contributed by atoms with E-state index in [2.05, 4.69) is 16.5 Å². The summed E-state index contributed by atoms with van der Waals surface area (Å²) >= 11 is 0. The van der Waals surface area contributed by atoms with Gasteiger partial charge in [-0.15, -0.1) is 0 Å². The van der Waals surface area contributed by atoms with Gasteiger partial charge in [-0.1, -0.05) is 13.0 Å². The number of hydrogen-bond donors (Lipinski definition) is 1. The molecule has 5 heteroatoms. The van der Waals surface area contributed by atoms with Crippen LogP contribution < -0.4 is 4.74 Å². The molecule has 0 amide bonds. The lowest BCUT2D eigenvalue weighted by atomic mass is 10.2. The summed E-state index contributed by atoms with van der Waals surface area (Å²) in [5.74, 6) is 0.753. The van der Waals surface area contributed by atoms with Crippen LogP contribution >= 0.6 is 0 Å². The number of aryl methyl sites for hydroxylation is 2. The van der Waals surface area contributed by atoms with Gasteiger partial charge in [0.05, 0.1) is 12.2 Å². The van der Waals surface area contributed by atoms with E-state index in [4.69, 9.17) is 9.84 Å². The van der Waals surface area contributed by atoms with Gasteiger partial charge in [-0.05, 0) is 31.0 Å². The maximum atomic E-state index is 10.9. The zero-order valence-corrected chi connectivity index (χ0v) is 12.2. The fourth-order valence-corrected chi connectivity index (χ4v) is 2.14. The van der Waals surface area contributed by atoms with Crippen LogP contribution in [0.4, 0.5) is 0 Å². The molecule has 112 valence electrons. The summed E-state index contributed by atoms with van der Waals surface area (Å²) in [7, 11) is 0. The van der Waals surface area contributed by atoms with Crippen LogP contribution in [0.5, 0.6) is 5.75 Å². The highest BCUT2D eigenvalue weighted by atomic mass is 16.5. The Morgan fingerprint density at radius 3 is 3.05 bits per heavy atom. The zero-order chi connectivity index (χ0) is 15.1. The molecular formula is C16H20N2O3. The molecule has 1 N–H and O–H groups in total. The molecule has 5 nitrogen and oxygen atoms in total. The summed E-state index contributed by atoms with van der Waals surface area (Å²) in [5, 5.41) is 8.92. The molecular weight excluding hydrogens is 268 g/mol. The van der Waals surface area contributed by atoms with Crippen LogP contribution in [-0.2, 0) is 13.0 Å². The standard InChI is InChI=1S/C16H20N2O3/c1-2-5-15-17-8-10-18(15)9-4-11-21-14-7-3-6-13(12-14)16(19)20/h3,6-8,10,12H,2,4-5,9,11H2,1H3,(H,19,20). The van der Waals surface area contributed by atoms with Gasteiger partial charge in [0.1, 0.15) is 11.6 Å². The number of benzene rings is 1. The molecule has 0 radical (unpaired) electrons. The summed E-state index contributed by atoms with van der Waals surface area (Å²) in [6.07, 6.45) is 6.71. The maximum absolute atomic E-state index is 10.9. The van der Waals surface area contributed by atoms with E-state index in [0.717, 1.165) is 31.6 Å². The van der Waals surface area contributed by atoms with Crippen molar-refractivity contribution in [1.82, 2.24) is 9.55 Å². The van der Waals surface area contributed by atoms with Crippen molar-refractivity contribution in [2.75, 3.05) is 6.61 Å². The molecule has 0 atom stereocenters. The van der Waals surface area contributed by atoms with Gasteiger partial charge in [0.15, 0.2) is 0 Å². The summed E-state index contributed by atoms with van der Waals surface area (Å²) in [5.41, 5.74) is 0.243. The van der Waals surface area contributed by atoms with E-state index in [-0.39, 0.29) is 5.56 Å².